The molecule has 3 unspecified atom stereocenters. The quantitative estimate of drug-likeness (QED) is 0.314. The van der Waals surface area contributed by atoms with Crippen molar-refractivity contribution in [3.05, 3.63) is 64.2 Å². The molecular weight excluding hydrogens is 534 g/mol. The number of anilines is 1. The van der Waals surface area contributed by atoms with Crippen LogP contribution in [-0.2, 0) is 9.63 Å². The average Bonchev–Trinajstić information content (AvgIpc) is 3.34. The van der Waals surface area contributed by atoms with Gasteiger partial charge in [-0.05, 0) is 55.9 Å². The van der Waals surface area contributed by atoms with Gasteiger partial charge in [0, 0.05) is 49.1 Å². The highest BCUT2D eigenvalue weighted by molar-refractivity contribution is 7.80. The summed E-state index contributed by atoms with van der Waals surface area (Å²) in [5.41, 5.74) is 4.41. The van der Waals surface area contributed by atoms with Gasteiger partial charge in [-0.25, -0.2) is 8.78 Å². The molecule has 38 heavy (non-hydrogen) atoms. The van der Waals surface area contributed by atoms with E-state index in [9.17, 15) is 4.79 Å². The maximum Gasteiger partial charge on any atom is 0.217 e. The van der Waals surface area contributed by atoms with Crippen molar-refractivity contribution in [2.75, 3.05) is 24.5 Å². The van der Waals surface area contributed by atoms with Gasteiger partial charge in [-0.3, -0.25) is 10.2 Å². The normalized spacial score (nSPS) is 21.3. The van der Waals surface area contributed by atoms with Crippen LogP contribution < -0.4 is 15.6 Å². The molecule has 4 rings (SSSR count). The molecule has 3 atom stereocenters. The Morgan fingerprint density at radius 3 is 2.45 bits per heavy atom. The monoisotopic (exact) mass is 562 g/mol. The topological polar surface area (TPSA) is 81.6 Å². The molecule has 0 spiro atoms. The van der Waals surface area contributed by atoms with Gasteiger partial charge in [0.1, 0.15) is 23.4 Å². The van der Waals surface area contributed by atoms with Gasteiger partial charge in [0.25, 0.3) is 0 Å². The third-order valence-electron chi connectivity index (χ3n) is 6.37. The molecule has 0 radical (unpaired) electrons. The van der Waals surface area contributed by atoms with E-state index >= 15 is 8.78 Å². The lowest BCUT2D eigenvalue weighted by atomic mass is 10.0. The number of carbonyl (C=O) groups excluding carboxylic acids is 1. The number of benzene rings is 2. The van der Waals surface area contributed by atoms with Gasteiger partial charge < -0.3 is 20.0 Å². The first kappa shape index (κ1) is 27.7. The summed E-state index contributed by atoms with van der Waals surface area (Å²) in [4.78, 5) is 20.1. The number of piperazine rings is 1. The molecule has 0 aromatic heterocycles. The van der Waals surface area contributed by atoms with Gasteiger partial charge in [-0.1, -0.05) is 28.9 Å². The highest BCUT2D eigenvalue weighted by Crippen LogP contribution is 2.32. The third kappa shape index (κ3) is 6.57. The van der Waals surface area contributed by atoms with Crippen LogP contribution in [0.4, 0.5) is 14.5 Å². The van der Waals surface area contributed by atoms with E-state index in [1.807, 2.05) is 30.9 Å². The summed E-state index contributed by atoms with van der Waals surface area (Å²) in [6.45, 7) is 6.39. The van der Waals surface area contributed by atoms with Crippen molar-refractivity contribution in [3.8, 4) is 0 Å². The van der Waals surface area contributed by atoms with Crippen LogP contribution in [0.25, 0.3) is 0 Å². The van der Waals surface area contributed by atoms with Crippen molar-refractivity contribution in [3.63, 3.8) is 0 Å². The summed E-state index contributed by atoms with van der Waals surface area (Å²) in [6, 6.07) is 9.32. The molecule has 0 saturated carbocycles. The summed E-state index contributed by atoms with van der Waals surface area (Å²) >= 11 is 11.4. The molecule has 2 N–H and O–H groups in total. The summed E-state index contributed by atoms with van der Waals surface area (Å²) in [7, 11) is 0. The molecule has 2 heterocycles. The highest BCUT2D eigenvalue weighted by Gasteiger charge is 2.34. The first-order valence-electron chi connectivity index (χ1n) is 12.2. The number of rotatable bonds is 6. The number of hydrogen-bond donors (Lipinski definition) is 2. The van der Waals surface area contributed by atoms with Crippen molar-refractivity contribution in [1.82, 2.24) is 15.6 Å². The maximum absolute atomic E-state index is 15.3. The van der Waals surface area contributed by atoms with Crippen LogP contribution >= 0.6 is 23.8 Å². The fourth-order valence-corrected chi connectivity index (χ4v) is 4.98. The van der Waals surface area contributed by atoms with Crippen molar-refractivity contribution in [2.24, 2.45) is 10.3 Å². The number of nitrogens with one attached hydrogen (secondary N) is 2. The summed E-state index contributed by atoms with van der Waals surface area (Å²) in [5.74, 6) is -1.53. The lowest BCUT2D eigenvalue weighted by molar-refractivity contribution is -0.119. The minimum absolute atomic E-state index is 0.0812. The van der Waals surface area contributed by atoms with E-state index in [1.54, 1.807) is 23.2 Å². The largest absolute Gasteiger partial charge is 0.390 e. The molecule has 1 saturated heterocycles. The first-order chi connectivity index (χ1) is 18.1. The second kappa shape index (κ2) is 12.0. The van der Waals surface area contributed by atoms with Gasteiger partial charge >= 0.3 is 0 Å². The maximum atomic E-state index is 15.3. The van der Waals surface area contributed by atoms with Crippen LogP contribution in [0.5, 0.6) is 0 Å². The van der Waals surface area contributed by atoms with E-state index in [-0.39, 0.29) is 36.3 Å². The Hall–Kier alpha value is -3.31. The van der Waals surface area contributed by atoms with Crippen LogP contribution in [-0.4, -0.2) is 65.7 Å². The van der Waals surface area contributed by atoms with E-state index in [0.29, 0.717) is 40.9 Å². The molecule has 202 valence electrons. The number of amides is 1. The van der Waals surface area contributed by atoms with Crippen LogP contribution in [0, 0.1) is 11.6 Å². The molecule has 0 bridgehead atoms. The van der Waals surface area contributed by atoms with E-state index in [4.69, 9.17) is 28.7 Å². The van der Waals surface area contributed by atoms with E-state index in [1.165, 1.54) is 19.1 Å². The smallest absolute Gasteiger partial charge is 0.217 e. The second-order valence-electron chi connectivity index (χ2n) is 9.43. The Kier molecular flexibility index (Phi) is 8.78. The number of hydrazone groups is 1. The zero-order valence-electron chi connectivity index (χ0n) is 21.2. The Morgan fingerprint density at radius 1 is 1.21 bits per heavy atom. The average molecular weight is 563 g/mol. The van der Waals surface area contributed by atoms with Crippen LogP contribution in [0.1, 0.15) is 38.3 Å². The zero-order chi connectivity index (χ0) is 27.4. The number of carbonyl (C=O) groups is 1. The summed E-state index contributed by atoms with van der Waals surface area (Å²) < 4.78 is 30.7. The van der Waals surface area contributed by atoms with Crippen molar-refractivity contribution in [1.29, 1.82) is 0 Å². The van der Waals surface area contributed by atoms with Gasteiger partial charge in [-0.2, -0.15) is 5.10 Å². The minimum atomic E-state index is -0.673. The summed E-state index contributed by atoms with van der Waals surface area (Å²) in [5, 5.41) is 11.9. The van der Waals surface area contributed by atoms with Crippen LogP contribution in [0.15, 0.2) is 46.7 Å². The van der Waals surface area contributed by atoms with E-state index < -0.39 is 11.6 Å². The predicted molar refractivity (Wildman–Crippen MR) is 149 cm³/mol. The predicted octanol–water partition coefficient (Wildman–Crippen LogP) is 4.05. The molecule has 1 fully saturated rings. The SMILES string of the molecule is CC(=O)NCC1CC(c2cc(F)c(N3C(C)CN(C(=S)N/N=C\c4ccc(Cl)cc4)CC3C)c(F)c2)=NO1. The molecule has 1 amide bonds. The lowest BCUT2D eigenvalue weighted by Crippen LogP contribution is -2.60. The van der Waals surface area contributed by atoms with E-state index in [2.05, 4.69) is 21.0 Å². The standard InChI is InChI=1S/C26H29ClF2N6O2S/c1-15-13-34(26(38)32-31-11-18-4-6-20(27)7-5-18)14-16(2)35(15)25-22(28)8-19(9-23(25)29)24-10-21(37-33-24)12-30-17(3)36/h4-9,11,15-16,21H,10,12-14H2,1-3H3,(H,30,36)(H,32,38)/b31-11-. The minimum Gasteiger partial charge on any atom is -0.390 e. The lowest BCUT2D eigenvalue weighted by Gasteiger charge is -2.46. The molecular formula is C26H29ClF2N6O2S. The van der Waals surface area contributed by atoms with Gasteiger partial charge in [-0.15, -0.1) is 0 Å². The molecule has 2 aromatic carbocycles. The number of nitrogens with zero attached hydrogens (tertiary/aromatic N) is 4. The van der Waals surface area contributed by atoms with Crippen LogP contribution in [0.2, 0.25) is 5.02 Å². The molecule has 0 aliphatic carbocycles. The van der Waals surface area contributed by atoms with Crippen LogP contribution in [0.3, 0.4) is 0 Å². The number of halogens is 3. The van der Waals surface area contributed by atoms with Crippen molar-refractivity contribution >= 4 is 52.5 Å². The fraction of sp³-hybridized carbons (Fsp3) is 0.385. The molecule has 2 aromatic rings. The van der Waals surface area contributed by atoms with Crippen molar-refractivity contribution in [2.45, 2.75) is 45.4 Å². The zero-order valence-corrected chi connectivity index (χ0v) is 22.8. The number of hydrogen-bond acceptors (Lipinski definition) is 6. The van der Waals surface area contributed by atoms with Gasteiger partial charge in [0.05, 0.1) is 18.5 Å². The molecule has 8 nitrogen and oxygen atoms in total. The Morgan fingerprint density at radius 2 is 1.84 bits per heavy atom. The van der Waals surface area contributed by atoms with Gasteiger partial charge in [0.15, 0.2) is 5.11 Å². The Labute approximate surface area is 230 Å². The van der Waals surface area contributed by atoms with Gasteiger partial charge in [0.2, 0.25) is 5.91 Å². The number of thiocarbonyl (C=S) groups is 1. The second-order valence-corrected chi connectivity index (χ2v) is 10.3. The Bertz CT molecular complexity index is 1220. The van der Waals surface area contributed by atoms with E-state index in [0.717, 1.165) is 5.56 Å². The molecule has 12 heteroatoms. The summed E-state index contributed by atoms with van der Waals surface area (Å²) in [6.07, 6.45) is 1.61. The third-order valence-corrected chi connectivity index (χ3v) is 6.97. The first-order valence-corrected chi connectivity index (χ1v) is 13.0. The molecule has 2 aliphatic rings. The Balaban J connectivity index is 1.40. The fourth-order valence-electron chi connectivity index (χ4n) is 4.66. The number of oxime groups is 1. The van der Waals surface area contributed by atoms with Crippen molar-refractivity contribution < 1.29 is 18.4 Å². The molecule has 2 aliphatic heterocycles. The highest BCUT2D eigenvalue weighted by atomic mass is 35.5.